The monoisotopic (exact) mass is 546 g/mol. The Morgan fingerprint density at radius 3 is 2.36 bits per heavy atom. The van der Waals surface area contributed by atoms with Gasteiger partial charge in [0.1, 0.15) is 11.9 Å². The first-order chi connectivity index (χ1) is 17.4. The lowest BCUT2D eigenvalue weighted by Crippen LogP contribution is -2.51. The van der Waals surface area contributed by atoms with Gasteiger partial charge in [-0.15, -0.1) is 11.8 Å². The van der Waals surface area contributed by atoms with Crippen LogP contribution in [0.1, 0.15) is 30.0 Å². The lowest BCUT2D eigenvalue weighted by Gasteiger charge is -2.31. The van der Waals surface area contributed by atoms with Gasteiger partial charge < -0.3 is 10.2 Å². The molecular formula is C28H29Cl2FN2O2S. The minimum absolute atomic E-state index is 0.0740. The highest BCUT2D eigenvalue weighted by molar-refractivity contribution is 7.99. The summed E-state index contributed by atoms with van der Waals surface area (Å²) >= 11 is 13.5. The van der Waals surface area contributed by atoms with Crippen LogP contribution in [0.25, 0.3) is 0 Å². The highest BCUT2D eigenvalue weighted by atomic mass is 35.5. The minimum Gasteiger partial charge on any atom is -0.354 e. The fraction of sp³-hybridized carbons (Fsp3) is 0.286. The van der Waals surface area contributed by atoms with Crippen molar-refractivity contribution in [1.29, 1.82) is 0 Å². The molecular weight excluding hydrogens is 518 g/mol. The summed E-state index contributed by atoms with van der Waals surface area (Å²) in [6.45, 7) is 2.75. The third kappa shape index (κ3) is 8.26. The molecule has 1 atom stereocenters. The van der Waals surface area contributed by atoms with E-state index in [9.17, 15) is 14.0 Å². The van der Waals surface area contributed by atoms with Gasteiger partial charge in [0.2, 0.25) is 11.8 Å². The van der Waals surface area contributed by atoms with Crippen LogP contribution in [0.15, 0.2) is 72.8 Å². The summed E-state index contributed by atoms with van der Waals surface area (Å²) < 4.78 is 14.2. The number of carbonyl (C=O) groups excluding carboxylic acids is 2. The van der Waals surface area contributed by atoms with E-state index < -0.39 is 11.9 Å². The molecule has 0 heterocycles. The predicted molar refractivity (Wildman–Crippen MR) is 147 cm³/mol. The van der Waals surface area contributed by atoms with Crippen molar-refractivity contribution >= 4 is 46.8 Å². The predicted octanol–water partition coefficient (Wildman–Crippen LogP) is 6.53. The van der Waals surface area contributed by atoms with Crippen LogP contribution in [0, 0.1) is 5.82 Å². The van der Waals surface area contributed by atoms with Crippen LogP contribution in [0.3, 0.4) is 0 Å². The van der Waals surface area contributed by atoms with Gasteiger partial charge in [-0.25, -0.2) is 4.39 Å². The summed E-state index contributed by atoms with van der Waals surface area (Å²) in [6, 6.07) is 20.7. The van der Waals surface area contributed by atoms with Gasteiger partial charge in [0.05, 0.1) is 5.75 Å². The van der Waals surface area contributed by atoms with Crippen molar-refractivity contribution in [3.05, 3.63) is 105 Å². The van der Waals surface area contributed by atoms with Crippen molar-refractivity contribution in [3.63, 3.8) is 0 Å². The first-order valence-electron chi connectivity index (χ1n) is 11.7. The molecule has 0 aliphatic carbocycles. The van der Waals surface area contributed by atoms with E-state index in [4.69, 9.17) is 23.2 Å². The molecule has 0 bridgehead atoms. The molecule has 3 aromatic rings. The van der Waals surface area contributed by atoms with Gasteiger partial charge in [-0.3, -0.25) is 9.59 Å². The number of benzene rings is 3. The van der Waals surface area contributed by atoms with Crippen LogP contribution < -0.4 is 5.32 Å². The number of rotatable bonds is 12. The average Bonchev–Trinajstić information content (AvgIpc) is 2.88. The third-order valence-electron chi connectivity index (χ3n) is 5.62. The van der Waals surface area contributed by atoms with Crippen LogP contribution in [0.2, 0.25) is 10.0 Å². The molecule has 3 rings (SSSR count). The van der Waals surface area contributed by atoms with Crippen LogP contribution in [-0.4, -0.2) is 35.1 Å². The summed E-state index contributed by atoms with van der Waals surface area (Å²) in [5.41, 5.74) is 2.17. The average molecular weight is 548 g/mol. The zero-order chi connectivity index (χ0) is 25.9. The Balaban J connectivity index is 1.84. The van der Waals surface area contributed by atoms with Crippen LogP contribution in [-0.2, 0) is 28.3 Å². The van der Waals surface area contributed by atoms with Crippen molar-refractivity contribution in [1.82, 2.24) is 10.2 Å². The maximum absolute atomic E-state index is 14.2. The molecule has 3 aromatic carbocycles. The van der Waals surface area contributed by atoms with E-state index in [0.29, 0.717) is 28.6 Å². The van der Waals surface area contributed by atoms with E-state index in [2.05, 4.69) is 5.32 Å². The molecule has 0 spiro atoms. The molecule has 0 aromatic heterocycles. The molecule has 0 aliphatic rings. The molecule has 0 aliphatic heterocycles. The van der Waals surface area contributed by atoms with Crippen molar-refractivity contribution in [3.8, 4) is 0 Å². The number of nitrogens with one attached hydrogen (secondary N) is 1. The van der Waals surface area contributed by atoms with E-state index >= 15 is 0 Å². The maximum atomic E-state index is 14.2. The Morgan fingerprint density at radius 1 is 0.972 bits per heavy atom. The van der Waals surface area contributed by atoms with Gasteiger partial charge in [0.25, 0.3) is 0 Å². The van der Waals surface area contributed by atoms with Gasteiger partial charge >= 0.3 is 0 Å². The maximum Gasteiger partial charge on any atom is 0.243 e. The molecule has 2 amide bonds. The SMILES string of the molecule is CCCNC(=O)[C@H](Cc1ccccc1)N(Cc1ccc(Cl)cc1)C(=O)CSCc1c(F)cccc1Cl. The minimum atomic E-state index is -0.709. The summed E-state index contributed by atoms with van der Waals surface area (Å²) in [7, 11) is 0. The number of halogens is 3. The summed E-state index contributed by atoms with van der Waals surface area (Å²) in [5, 5.41) is 3.87. The van der Waals surface area contributed by atoms with Gasteiger partial charge in [0.15, 0.2) is 0 Å². The van der Waals surface area contributed by atoms with Gasteiger partial charge in [-0.05, 0) is 41.8 Å². The van der Waals surface area contributed by atoms with E-state index in [1.165, 1.54) is 17.8 Å². The Labute approximate surface area is 226 Å². The number of amides is 2. The smallest absolute Gasteiger partial charge is 0.243 e. The second kappa shape index (κ2) is 14.3. The van der Waals surface area contributed by atoms with Crippen molar-refractivity contribution < 1.29 is 14.0 Å². The van der Waals surface area contributed by atoms with Crippen LogP contribution in [0.5, 0.6) is 0 Å². The zero-order valence-electron chi connectivity index (χ0n) is 20.1. The van der Waals surface area contributed by atoms with Crippen LogP contribution in [0.4, 0.5) is 4.39 Å². The number of thioether (sulfide) groups is 1. The standard InChI is InChI=1S/C28H29Cl2FN2O2S/c1-2-15-32-28(35)26(16-20-7-4-3-5-8-20)33(17-21-11-13-22(29)14-12-21)27(34)19-36-18-23-24(30)9-6-10-25(23)31/h3-14,26H,2,15-19H2,1H3,(H,32,35)/t26-/m0/s1. The highest BCUT2D eigenvalue weighted by Crippen LogP contribution is 2.25. The normalized spacial score (nSPS) is 11.7. The second-order valence-electron chi connectivity index (χ2n) is 8.34. The second-order valence-corrected chi connectivity index (χ2v) is 10.2. The molecule has 0 saturated heterocycles. The zero-order valence-corrected chi connectivity index (χ0v) is 22.4. The van der Waals surface area contributed by atoms with E-state index in [0.717, 1.165) is 17.5 Å². The largest absolute Gasteiger partial charge is 0.354 e. The number of carbonyl (C=O) groups is 2. The van der Waals surface area contributed by atoms with Crippen molar-refractivity contribution in [2.24, 2.45) is 0 Å². The van der Waals surface area contributed by atoms with Crippen molar-refractivity contribution in [2.45, 2.75) is 38.1 Å². The molecule has 0 unspecified atom stereocenters. The molecule has 36 heavy (non-hydrogen) atoms. The Hall–Kier alpha value is -2.54. The Morgan fingerprint density at radius 2 is 1.69 bits per heavy atom. The molecule has 190 valence electrons. The first kappa shape index (κ1) is 28.0. The Bertz CT molecular complexity index is 1130. The molecule has 0 saturated carbocycles. The van der Waals surface area contributed by atoms with Crippen LogP contribution >= 0.6 is 35.0 Å². The topological polar surface area (TPSA) is 49.4 Å². The fourth-order valence-electron chi connectivity index (χ4n) is 3.70. The lowest BCUT2D eigenvalue weighted by molar-refractivity contribution is -0.139. The van der Waals surface area contributed by atoms with Crippen molar-refractivity contribution in [2.75, 3.05) is 12.3 Å². The Kier molecular flexibility index (Phi) is 11.1. The first-order valence-corrected chi connectivity index (χ1v) is 13.7. The number of hydrogen-bond donors (Lipinski definition) is 1. The van der Waals surface area contributed by atoms with E-state index in [1.54, 1.807) is 29.2 Å². The molecule has 0 fully saturated rings. The quantitative estimate of drug-likeness (QED) is 0.281. The number of hydrogen-bond acceptors (Lipinski definition) is 3. The van der Waals surface area contributed by atoms with E-state index in [1.807, 2.05) is 49.4 Å². The van der Waals surface area contributed by atoms with Gasteiger partial charge in [0, 0.05) is 40.9 Å². The molecule has 0 radical (unpaired) electrons. The summed E-state index contributed by atoms with van der Waals surface area (Å²) in [4.78, 5) is 28.4. The highest BCUT2D eigenvalue weighted by Gasteiger charge is 2.30. The number of nitrogens with zero attached hydrogens (tertiary/aromatic N) is 1. The fourth-order valence-corrected chi connectivity index (χ4v) is 5.08. The van der Waals surface area contributed by atoms with Gasteiger partial charge in [-0.1, -0.05) is 78.7 Å². The third-order valence-corrected chi connectivity index (χ3v) is 7.17. The molecule has 8 heteroatoms. The lowest BCUT2D eigenvalue weighted by atomic mass is 10.0. The van der Waals surface area contributed by atoms with Gasteiger partial charge in [-0.2, -0.15) is 0 Å². The molecule has 1 N–H and O–H groups in total. The summed E-state index contributed by atoms with van der Waals surface area (Å²) in [5.74, 6) is -0.497. The summed E-state index contributed by atoms with van der Waals surface area (Å²) in [6.07, 6.45) is 1.16. The molecule has 4 nitrogen and oxygen atoms in total. The van der Waals surface area contributed by atoms with E-state index in [-0.39, 0.29) is 29.9 Å².